The third-order valence-electron chi connectivity index (χ3n) is 5.44. The SMILES string of the molecule is CC1=C(c2nc(-c3ccccc3)no2)C(c2cccc(Cl)c2)NC(=O)N1CCCOC(C)C. The summed E-state index contributed by atoms with van der Waals surface area (Å²) in [6, 6.07) is 16.4. The predicted octanol–water partition coefficient (Wildman–Crippen LogP) is 5.70. The molecule has 4 rings (SSSR count). The van der Waals surface area contributed by atoms with E-state index in [-0.39, 0.29) is 12.1 Å². The van der Waals surface area contributed by atoms with Crippen molar-refractivity contribution in [3.8, 4) is 11.4 Å². The second kappa shape index (κ2) is 10.2. The summed E-state index contributed by atoms with van der Waals surface area (Å²) in [6.07, 6.45) is 0.853. The minimum Gasteiger partial charge on any atom is -0.379 e. The third kappa shape index (κ3) is 5.26. The van der Waals surface area contributed by atoms with Crippen LogP contribution < -0.4 is 5.32 Å². The van der Waals surface area contributed by atoms with Gasteiger partial charge in [-0.05, 0) is 44.9 Å². The Kier molecular flexibility index (Phi) is 7.11. The summed E-state index contributed by atoms with van der Waals surface area (Å²) < 4.78 is 11.3. The summed E-state index contributed by atoms with van der Waals surface area (Å²) in [7, 11) is 0. The van der Waals surface area contributed by atoms with Crippen LogP contribution in [0, 0.1) is 0 Å². The van der Waals surface area contributed by atoms with Gasteiger partial charge in [0.2, 0.25) is 5.82 Å². The summed E-state index contributed by atoms with van der Waals surface area (Å²) >= 11 is 6.25. The normalized spacial score (nSPS) is 16.5. The van der Waals surface area contributed by atoms with Gasteiger partial charge in [-0.25, -0.2) is 4.79 Å². The highest BCUT2D eigenvalue weighted by molar-refractivity contribution is 6.30. The monoisotopic (exact) mass is 466 g/mol. The minimum atomic E-state index is -0.469. The van der Waals surface area contributed by atoms with Crippen LogP contribution in [-0.4, -0.2) is 40.3 Å². The summed E-state index contributed by atoms with van der Waals surface area (Å²) in [5.41, 5.74) is 3.20. The van der Waals surface area contributed by atoms with Crippen molar-refractivity contribution in [2.24, 2.45) is 0 Å². The van der Waals surface area contributed by atoms with Crippen LogP contribution in [0.4, 0.5) is 4.79 Å². The van der Waals surface area contributed by atoms with Gasteiger partial charge in [0.05, 0.1) is 17.7 Å². The van der Waals surface area contributed by atoms with Crippen LogP contribution in [0.25, 0.3) is 17.0 Å². The van der Waals surface area contributed by atoms with Crippen molar-refractivity contribution in [2.45, 2.75) is 39.3 Å². The van der Waals surface area contributed by atoms with Crippen molar-refractivity contribution in [3.63, 3.8) is 0 Å². The molecule has 1 aliphatic heterocycles. The van der Waals surface area contributed by atoms with Crippen LogP contribution in [0.2, 0.25) is 5.02 Å². The smallest absolute Gasteiger partial charge is 0.322 e. The fourth-order valence-corrected chi connectivity index (χ4v) is 4.04. The van der Waals surface area contributed by atoms with E-state index in [4.69, 9.17) is 20.9 Å². The molecular formula is C25H27ClN4O3. The molecule has 33 heavy (non-hydrogen) atoms. The van der Waals surface area contributed by atoms with Crippen LogP contribution in [0.1, 0.15) is 44.7 Å². The molecule has 172 valence electrons. The number of amides is 2. The lowest BCUT2D eigenvalue weighted by atomic mass is 9.94. The zero-order chi connectivity index (χ0) is 23.4. The average molecular weight is 467 g/mol. The molecule has 2 heterocycles. The Morgan fingerprint density at radius 3 is 2.70 bits per heavy atom. The van der Waals surface area contributed by atoms with Gasteiger partial charge < -0.3 is 14.6 Å². The Hall–Kier alpha value is -3.16. The number of hydrogen-bond donors (Lipinski definition) is 1. The maximum Gasteiger partial charge on any atom is 0.322 e. The predicted molar refractivity (Wildman–Crippen MR) is 127 cm³/mol. The maximum atomic E-state index is 13.0. The Morgan fingerprint density at radius 2 is 1.97 bits per heavy atom. The first kappa shape index (κ1) is 23.0. The number of halogens is 1. The Labute approximate surface area is 198 Å². The standard InChI is InChI=1S/C25H27ClN4O3/c1-16(2)32-14-8-13-30-17(3)21(22(27-25(30)31)19-11-7-12-20(26)15-19)24-28-23(29-33-24)18-9-5-4-6-10-18/h4-7,9-12,15-16,22H,8,13-14H2,1-3H3,(H,27,31). The van der Waals surface area contributed by atoms with E-state index in [1.807, 2.05) is 69.3 Å². The van der Waals surface area contributed by atoms with E-state index in [9.17, 15) is 4.79 Å². The van der Waals surface area contributed by atoms with E-state index in [0.717, 1.165) is 22.4 Å². The number of aromatic nitrogens is 2. The van der Waals surface area contributed by atoms with E-state index in [1.165, 1.54) is 0 Å². The van der Waals surface area contributed by atoms with Crippen molar-refractivity contribution >= 4 is 23.2 Å². The largest absolute Gasteiger partial charge is 0.379 e. The number of rotatable bonds is 8. The molecule has 1 aromatic heterocycles. The first-order valence-electron chi connectivity index (χ1n) is 11.0. The molecule has 2 amide bonds. The lowest BCUT2D eigenvalue weighted by Crippen LogP contribution is -2.46. The molecule has 1 aliphatic rings. The molecule has 0 bridgehead atoms. The zero-order valence-electron chi connectivity index (χ0n) is 18.9. The summed E-state index contributed by atoms with van der Waals surface area (Å²) in [4.78, 5) is 19.4. The minimum absolute atomic E-state index is 0.148. The van der Waals surface area contributed by atoms with Crippen molar-refractivity contribution in [3.05, 3.63) is 76.8 Å². The second-order valence-electron chi connectivity index (χ2n) is 8.15. The van der Waals surface area contributed by atoms with E-state index in [1.54, 1.807) is 11.0 Å². The number of nitrogens with one attached hydrogen (secondary N) is 1. The molecule has 1 atom stereocenters. The van der Waals surface area contributed by atoms with Crippen molar-refractivity contribution in [1.82, 2.24) is 20.4 Å². The molecule has 0 saturated heterocycles. The van der Waals surface area contributed by atoms with Gasteiger partial charge in [0.25, 0.3) is 5.89 Å². The highest BCUT2D eigenvalue weighted by Gasteiger charge is 2.35. The van der Waals surface area contributed by atoms with Gasteiger partial charge in [-0.2, -0.15) is 4.98 Å². The number of carbonyl (C=O) groups excluding carboxylic acids is 1. The van der Waals surface area contributed by atoms with Crippen molar-refractivity contribution in [1.29, 1.82) is 0 Å². The first-order valence-corrected chi connectivity index (χ1v) is 11.4. The topological polar surface area (TPSA) is 80.5 Å². The zero-order valence-corrected chi connectivity index (χ0v) is 19.7. The maximum absolute atomic E-state index is 13.0. The second-order valence-corrected chi connectivity index (χ2v) is 8.59. The number of ether oxygens (including phenoxy) is 1. The summed E-state index contributed by atoms with van der Waals surface area (Å²) in [6.45, 7) is 6.97. The van der Waals surface area contributed by atoms with Crippen LogP contribution in [0.3, 0.4) is 0 Å². The van der Waals surface area contributed by atoms with Gasteiger partial charge in [-0.1, -0.05) is 59.2 Å². The first-order chi connectivity index (χ1) is 15.9. The molecule has 0 radical (unpaired) electrons. The molecule has 0 aliphatic carbocycles. The van der Waals surface area contributed by atoms with Gasteiger partial charge in [-0.15, -0.1) is 0 Å². The molecule has 0 fully saturated rings. The lowest BCUT2D eigenvalue weighted by Gasteiger charge is -2.35. The van der Waals surface area contributed by atoms with Crippen molar-refractivity contribution in [2.75, 3.05) is 13.2 Å². The number of urea groups is 1. The van der Waals surface area contributed by atoms with E-state index >= 15 is 0 Å². The number of carbonyl (C=O) groups is 1. The van der Waals surface area contributed by atoms with Crippen LogP contribution in [0.15, 0.2) is 64.8 Å². The highest BCUT2D eigenvalue weighted by atomic mass is 35.5. The molecule has 0 spiro atoms. The molecule has 7 nitrogen and oxygen atoms in total. The highest BCUT2D eigenvalue weighted by Crippen LogP contribution is 2.38. The quantitative estimate of drug-likeness (QED) is 0.430. The van der Waals surface area contributed by atoms with E-state index in [0.29, 0.717) is 36.3 Å². The van der Waals surface area contributed by atoms with Crippen LogP contribution in [-0.2, 0) is 4.74 Å². The summed E-state index contributed by atoms with van der Waals surface area (Å²) in [5, 5.41) is 7.86. The van der Waals surface area contributed by atoms with Gasteiger partial charge >= 0.3 is 6.03 Å². The number of benzene rings is 2. The van der Waals surface area contributed by atoms with E-state index < -0.39 is 6.04 Å². The molecule has 1 unspecified atom stereocenters. The van der Waals surface area contributed by atoms with Gasteiger partial charge in [-0.3, -0.25) is 4.90 Å². The van der Waals surface area contributed by atoms with Gasteiger partial charge in [0.1, 0.15) is 0 Å². The van der Waals surface area contributed by atoms with Crippen LogP contribution >= 0.6 is 11.6 Å². The Morgan fingerprint density at radius 1 is 1.18 bits per heavy atom. The molecule has 2 aromatic carbocycles. The Balaban J connectivity index is 1.71. The third-order valence-corrected chi connectivity index (χ3v) is 5.68. The number of hydrogen-bond acceptors (Lipinski definition) is 5. The molecule has 3 aromatic rings. The summed E-state index contributed by atoms with van der Waals surface area (Å²) in [5.74, 6) is 0.851. The number of nitrogens with zero attached hydrogens (tertiary/aromatic N) is 3. The Bertz CT molecular complexity index is 1140. The van der Waals surface area contributed by atoms with Gasteiger partial charge in [0.15, 0.2) is 0 Å². The fraction of sp³-hybridized carbons (Fsp3) is 0.320. The van der Waals surface area contributed by atoms with Crippen LogP contribution in [0.5, 0.6) is 0 Å². The number of allylic oxidation sites excluding steroid dienone is 1. The molecule has 8 heteroatoms. The van der Waals surface area contributed by atoms with Crippen molar-refractivity contribution < 1.29 is 14.1 Å². The van der Waals surface area contributed by atoms with Gasteiger partial charge in [0, 0.05) is 29.4 Å². The molecule has 0 saturated carbocycles. The van der Waals surface area contributed by atoms with E-state index in [2.05, 4.69) is 15.5 Å². The average Bonchev–Trinajstić information content (AvgIpc) is 3.28. The molecular weight excluding hydrogens is 440 g/mol. The lowest BCUT2D eigenvalue weighted by molar-refractivity contribution is 0.0736. The molecule has 1 N–H and O–H groups in total. The fourth-order valence-electron chi connectivity index (χ4n) is 3.84.